The van der Waals surface area contributed by atoms with Crippen molar-refractivity contribution in [2.75, 3.05) is 18.8 Å². The maximum Gasteiger partial charge on any atom is 0.164 e. The maximum absolute atomic E-state index is 11.7. The fraction of sp³-hybridized carbons (Fsp3) is 0.357. The van der Waals surface area contributed by atoms with Crippen LogP contribution in [0, 0.1) is 0 Å². The van der Waals surface area contributed by atoms with Crippen molar-refractivity contribution in [2.45, 2.75) is 50.6 Å². The molecule has 0 unspecified atom stereocenters. The van der Waals surface area contributed by atoms with E-state index >= 15 is 0 Å². The van der Waals surface area contributed by atoms with E-state index in [-0.39, 0.29) is 6.04 Å². The summed E-state index contributed by atoms with van der Waals surface area (Å²) in [6.45, 7) is 1.98. The Hall–Kier alpha value is -3.78. The first-order valence-electron chi connectivity index (χ1n) is 12.7. The first kappa shape index (κ1) is 22.7. The number of fused-ring (bicyclic) bond motifs is 1. The molecule has 8 nitrogen and oxygen atoms in total. The molecule has 0 radical (unpaired) electrons. The van der Waals surface area contributed by atoms with Crippen molar-refractivity contribution in [3.63, 3.8) is 0 Å². The Balaban J connectivity index is 1.30. The van der Waals surface area contributed by atoms with Crippen LogP contribution in [-0.4, -0.2) is 49.6 Å². The molecule has 2 aromatic heterocycles. The number of carbonyl (C=O) groups excluding carboxylic acids is 1. The minimum Gasteiger partial charge on any atom is -0.457 e. The number of hydrogen-bond donors (Lipinski definition) is 1. The van der Waals surface area contributed by atoms with Gasteiger partial charge < -0.3 is 10.5 Å². The average molecular weight is 483 g/mol. The molecule has 6 rings (SSSR count). The zero-order chi connectivity index (χ0) is 24.5. The predicted octanol–water partition coefficient (Wildman–Crippen LogP) is 5.02. The number of rotatable bonds is 5. The highest BCUT2D eigenvalue weighted by atomic mass is 16.5. The highest BCUT2D eigenvalue weighted by Gasteiger charge is 2.31. The third-order valence-corrected chi connectivity index (χ3v) is 7.43. The lowest BCUT2D eigenvalue weighted by atomic mass is 9.91. The lowest BCUT2D eigenvalue weighted by Crippen LogP contribution is -2.45. The molecule has 0 bridgehead atoms. The van der Waals surface area contributed by atoms with Gasteiger partial charge in [0.2, 0.25) is 0 Å². The second-order valence-electron chi connectivity index (χ2n) is 9.75. The minimum absolute atomic E-state index is 0.197. The Morgan fingerprint density at radius 1 is 0.889 bits per heavy atom. The summed E-state index contributed by atoms with van der Waals surface area (Å²) in [5.41, 5.74) is 8.86. The standard InChI is InChI=1S/C28H30N6O2/c29-27-25-26(19-8-14-24(15-9-19)36-23-6-2-1-3-7-23)32-34(28(25)31-18-30-27)21-5-4-16-33(17-21)20-10-12-22(35)13-11-20/h1-3,6-9,14-15,18,20-21H,4-5,10-13,16-17H2,(H2,29,30,31)/t21-/m1/s1. The summed E-state index contributed by atoms with van der Waals surface area (Å²) < 4.78 is 8.01. The quantitative estimate of drug-likeness (QED) is 0.426. The molecule has 1 saturated heterocycles. The van der Waals surface area contributed by atoms with Gasteiger partial charge in [-0.2, -0.15) is 5.10 Å². The molecule has 8 heteroatoms. The molecule has 36 heavy (non-hydrogen) atoms. The summed E-state index contributed by atoms with van der Waals surface area (Å²) in [5.74, 6) is 2.38. The van der Waals surface area contributed by atoms with E-state index in [1.165, 1.54) is 6.33 Å². The highest BCUT2D eigenvalue weighted by molar-refractivity contribution is 5.98. The zero-order valence-electron chi connectivity index (χ0n) is 20.2. The van der Waals surface area contributed by atoms with Gasteiger partial charge >= 0.3 is 0 Å². The van der Waals surface area contributed by atoms with Crippen molar-refractivity contribution in [2.24, 2.45) is 0 Å². The van der Waals surface area contributed by atoms with Crippen LogP contribution >= 0.6 is 0 Å². The summed E-state index contributed by atoms with van der Waals surface area (Å²) in [4.78, 5) is 23.2. The Morgan fingerprint density at radius 3 is 2.42 bits per heavy atom. The van der Waals surface area contributed by atoms with Gasteiger partial charge in [0, 0.05) is 31.0 Å². The molecule has 1 aliphatic heterocycles. The predicted molar refractivity (Wildman–Crippen MR) is 139 cm³/mol. The number of nitrogen functional groups attached to an aromatic ring is 1. The van der Waals surface area contributed by atoms with Gasteiger partial charge in [-0.1, -0.05) is 18.2 Å². The molecule has 2 aromatic carbocycles. The fourth-order valence-corrected chi connectivity index (χ4v) is 5.56. The summed E-state index contributed by atoms with van der Waals surface area (Å²) in [6.07, 6.45) is 6.98. The number of benzene rings is 2. The molecular formula is C28H30N6O2. The number of aromatic nitrogens is 4. The van der Waals surface area contributed by atoms with Crippen molar-refractivity contribution < 1.29 is 9.53 Å². The van der Waals surface area contributed by atoms with E-state index in [4.69, 9.17) is 15.6 Å². The first-order chi connectivity index (χ1) is 17.7. The van der Waals surface area contributed by atoms with E-state index < -0.39 is 0 Å². The Labute approximate surface area is 210 Å². The van der Waals surface area contributed by atoms with Gasteiger partial charge in [0.1, 0.15) is 35.1 Å². The van der Waals surface area contributed by atoms with Crippen LogP contribution < -0.4 is 10.5 Å². The monoisotopic (exact) mass is 482 g/mol. The summed E-state index contributed by atoms with van der Waals surface area (Å²) in [7, 11) is 0. The molecule has 3 heterocycles. The van der Waals surface area contributed by atoms with Gasteiger partial charge in [0.25, 0.3) is 0 Å². The molecule has 0 amide bonds. The number of ether oxygens (including phenoxy) is 1. The normalized spacial score (nSPS) is 19.6. The van der Waals surface area contributed by atoms with Crippen LogP contribution in [0.15, 0.2) is 60.9 Å². The van der Waals surface area contributed by atoms with Crippen LogP contribution in [0.1, 0.15) is 44.6 Å². The fourth-order valence-electron chi connectivity index (χ4n) is 5.56. The molecule has 1 aliphatic carbocycles. The summed E-state index contributed by atoms with van der Waals surface area (Å²) in [6, 6.07) is 18.3. The molecule has 2 N–H and O–H groups in total. The van der Waals surface area contributed by atoms with Crippen LogP contribution in [0.2, 0.25) is 0 Å². The van der Waals surface area contributed by atoms with Crippen molar-refractivity contribution in [3.05, 3.63) is 60.9 Å². The molecule has 4 aromatic rings. The van der Waals surface area contributed by atoms with E-state index in [0.717, 1.165) is 72.6 Å². The van der Waals surface area contributed by atoms with Crippen LogP contribution in [0.4, 0.5) is 5.82 Å². The number of para-hydroxylation sites is 1. The molecule has 1 atom stereocenters. The minimum atomic E-state index is 0.197. The van der Waals surface area contributed by atoms with Gasteiger partial charge in [-0.25, -0.2) is 14.6 Å². The molecule has 2 aliphatic rings. The third kappa shape index (κ3) is 4.44. The van der Waals surface area contributed by atoms with Gasteiger partial charge in [-0.15, -0.1) is 0 Å². The van der Waals surface area contributed by atoms with Crippen LogP contribution in [-0.2, 0) is 4.79 Å². The number of nitrogens with two attached hydrogens (primary N) is 1. The number of Topliss-reactive ketones (excluding diaryl/α,β-unsaturated/α-hetero) is 1. The van der Waals surface area contributed by atoms with Gasteiger partial charge in [-0.05, 0) is 68.6 Å². The molecule has 2 fully saturated rings. The molecular weight excluding hydrogens is 452 g/mol. The van der Waals surface area contributed by atoms with E-state index in [0.29, 0.717) is 30.5 Å². The van der Waals surface area contributed by atoms with Gasteiger partial charge in [0.05, 0.1) is 11.4 Å². The number of nitrogens with zero attached hydrogens (tertiary/aromatic N) is 5. The van der Waals surface area contributed by atoms with E-state index in [1.54, 1.807) is 0 Å². The average Bonchev–Trinajstić information content (AvgIpc) is 3.31. The smallest absolute Gasteiger partial charge is 0.164 e. The number of ketones is 1. The Bertz CT molecular complexity index is 1360. The van der Waals surface area contributed by atoms with Gasteiger partial charge in [-0.3, -0.25) is 9.69 Å². The van der Waals surface area contributed by atoms with Crippen LogP contribution in [0.5, 0.6) is 11.5 Å². The topological polar surface area (TPSA) is 99.2 Å². The third-order valence-electron chi connectivity index (χ3n) is 7.43. The number of anilines is 1. The van der Waals surface area contributed by atoms with E-state index in [9.17, 15) is 4.79 Å². The van der Waals surface area contributed by atoms with E-state index in [1.807, 2.05) is 54.6 Å². The SMILES string of the molecule is Nc1ncnc2c1c(-c1ccc(Oc3ccccc3)cc1)nn2[C@@H]1CCCN(C2CCC(=O)CC2)C1. The number of piperidine rings is 1. The second kappa shape index (κ2) is 9.70. The Morgan fingerprint density at radius 2 is 1.64 bits per heavy atom. The number of hydrogen-bond acceptors (Lipinski definition) is 7. The zero-order valence-corrected chi connectivity index (χ0v) is 20.2. The molecule has 0 spiro atoms. The lowest BCUT2D eigenvalue weighted by molar-refractivity contribution is -0.121. The summed E-state index contributed by atoms with van der Waals surface area (Å²) >= 11 is 0. The largest absolute Gasteiger partial charge is 0.457 e. The van der Waals surface area contributed by atoms with Crippen molar-refractivity contribution in [1.82, 2.24) is 24.6 Å². The Kier molecular flexibility index (Phi) is 6.11. The summed E-state index contributed by atoms with van der Waals surface area (Å²) in [5, 5.41) is 5.85. The molecule has 184 valence electrons. The highest BCUT2D eigenvalue weighted by Crippen LogP contribution is 2.35. The van der Waals surface area contributed by atoms with Gasteiger partial charge in [0.15, 0.2) is 5.65 Å². The first-order valence-corrected chi connectivity index (χ1v) is 12.7. The number of carbonyl (C=O) groups is 1. The van der Waals surface area contributed by atoms with Crippen LogP contribution in [0.25, 0.3) is 22.3 Å². The number of likely N-dealkylation sites (tertiary alicyclic amines) is 1. The van der Waals surface area contributed by atoms with Crippen LogP contribution in [0.3, 0.4) is 0 Å². The maximum atomic E-state index is 11.7. The molecule has 1 saturated carbocycles. The lowest BCUT2D eigenvalue weighted by Gasteiger charge is -2.39. The van der Waals surface area contributed by atoms with Crippen molar-refractivity contribution >= 4 is 22.6 Å². The van der Waals surface area contributed by atoms with E-state index in [2.05, 4.69) is 19.5 Å². The second-order valence-corrected chi connectivity index (χ2v) is 9.75. The van der Waals surface area contributed by atoms with Crippen molar-refractivity contribution in [3.8, 4) is 22.8 Å². The van der Waals surface area contributed by atoms with Crippen molar-refractivity contribution in [1.29, 1.82) is 0 Å².